The predicted molar refractivity (Wildman–Crippen MR) is 68.5 cm³/mol. The summed E-state index contributed by atoms with van der Waals surface area (Å²) < 4.78 is 0. The van der Waals surface area contributed by atoms with Crippen molar-refractivity contribution < 1.29 is 4.79 Å². The molecule has 0 aromatic carbocycles. The highest BCUT2D eigenvalue weighted by Crippen LogP contribution is 2.09. The molecule has 2 atom stereocenters. The Morgan fingerprint density at radius 1 is 1.62 bits per heavy atom. The summed E-state index contributed by atoms with van der Waals surface area (Å²) in [5, 5.41) is 7.17. The van der Waals surface area contributed by atoms with E-state index in [9.17, 15) is 4.79 Å². The van der Waals surface area contributed by atoms with Crippen molar-refractivity contribution in [3.8, 4) is 0 Å². The Balaban J connectivity index is 2.39. The molecule has 0 bridgehead atoms. The standard InChI is InChI=1S/C12H20N2OS/c1-3-11(7-13)12(15)14-9(2)6-10-4-5-16-8-10/h4-5,8-9,11H,3,6-7,13H2,1-2H3,(H,14,15). The Bertz CT molecular complexity index is 307. The van der Waals surface area contributed by atoms with E-state index in [4.69, 9.17) is 5.73 Å². The molecular weight excluding hydrogens is 220 g/mol. The molecule has 0 aliphatic rings. The summed E-state index contributed by atoms with van der Waals surface area (Å²) in [5.74, 6) is 0.0256. The maximum atomic E-state index is 11.8. The molecule has 1 aromatic rings. The molecular formula is C12H20N2OS. The van der Waals surface area contributed by atoms with Gasteiger partial charge in [0.1, 0.15) is 0 Å². The van der Waals surface area contributed by atoms with Gasteiger partial charge in [0.15, 0.2) is 0 Å². The third kappa shape index (κ3) is 3.94. The van der Waals surface area contributed by atoms with E-state index in [0.717, 1.165) is 12.8 Å². The van der Waals surface area contributed by atoms with Crippen molar-refractivity contribution >= 4 is 17.2 Å². The van der Waals surface area contributed by atoms with Crippen molar-refractivity contribution in [3.05, 3.63) is 22.4 Å². The number of hydrogen-bond acceptors (Lipinski definition) is 3. The van der Waals surface area contributed by atoms with Crippen LogP contribution in [-0.4, -0.2) is 18.5 Å². The van der Waals surface area contributed by atoms with Gasteiger partial charge in [0.05, 0.1) is 0 Å². The van der Waals surface area contributed by atoms with Crippen LogP contribution in [-0.2, 0) is 11.2 Å². The number of rotatable bonds is 6. The second kappa shape index (κ2) is 6.66. The third-order valence-electron chi connectivity index (χ3n) is 2.66. The number of carbonyl (C=O) groups excluding carboxylic acids is 1. The summed E-state index contributed by atoms with van der Waals surface area (Å²) in [5.41, 5.74) is 6.81. The van der Waals surface area contributed by atoms with Crippen molar-refractivity contribution in [1.29, 1.82) is 0 Å². The Morgan fingerprint density at radius 2 is 2.38 bits per heavy atom. The van der Waals surface area contributed by atoms with E-state index in [1.165, 1.54) is 5.56 Å². The minimum atomic E-state index is -0.0510. The highest BCUT2D eigenvalue weighted by Gasteiger charge is 2.16. The monoisotopic (exact) mass is 240 g/mol. The minimum absolute atomic E-state index is 0.0510. The van der Waals surface area contributed by atoms with Crippen LogP contribution in [0.1, 0.15) is 25.8 Å². The number of nitrogens with two attached hydrogens (primary N) is 1. The second-order valence-corrected chi connectivity index (χ2v) is 4.87. The molecule has 0 spiro atoms. The molecule has 2 unspecified atom stereocenters. The number of thiophene rings is 1. The number of carbonyl (C=O) groups is 1. The lowest BCUT2D eigenvalue weighted by atomic mass is 10.0. The lowest BCUT2D eigenvalue weighted by molar-refractivity contribution is -0.125. The Hall–Kier alpha value is -0.870. The van der Waals surface area contributed by atoms with Gasteiger partial charge in [-0.05, 0) is 42.2 Å². The molecule has 0 saturated carbocycles. The van der Waals surface area contributed by atoms with Crippen LogP contribution < -0.4 is 11.1 Å². The van der Waals surface area contributed by atoms with Crippen LogP contribution in [0.4, 0.5) is 0 Å². The van der Waals surface area contributed by atoms with Gasteiger partial charge >= 0.3 is 0 Å². The normalized spacial score (nSPS) is 14.4. The highest BCUT2D eigenvalue weighted by molar-refractivity contribution is 7.07. The average molecular weight is 240 g/mol. The molecule has 0 saturated heterocycles. The van der Waals surface area contributed by atoms with Gasteiger partial charge in [-0.2, -0.15) is 11.3 Å². The van der Waals surface area contributed by atoms with Crippen molar-refractivity contribution in [2.24, 2.45) is 11.7 Å². The number of amides is 1. The van der Waals surface area contributed by atoms with Gasteiger partial charge in [0.2, 0.25) is 5.91 Å². The molecule has 1 rings (SSSR count). The first-order chi connectivity index (χ1) is 7.67. The van der Waals surface area contributed by atoms with Crippen LogP contribution in [0.2, 0.25) is 0 Å². The first-order valence-electron chi connectivity index (χ1n) is 5.68. The van der Waals surface area contributed by atoms with E-state index in [-0.39, 0.29) is 17.9 Å². The van der Waals surface area contributed by atoms with E-state index in [2.05, 4.69) is 22.1 Å². The van der Waals surface area contributed by atoms with Gasteiger partial charge in [-0.3, -0.25) is 4.79 Å². The molecule has 0 aliphatic heterocycles. The quantitative estimate of drug-likeness (QED) is 0.796. The molecule has 0 radical (unpaired) electrons. The smallest absolute Gasteiger partial charge is 0.224 e. The summed E-state index contributed by atoms with van der Waals surface area (Å²) in [4.78, 5) is 11.8. The van der Waals surface area contributed by atoms with E-state index in [0.29, 0.717) is 6.54 Å². The van der Waals surface area contributed by atoms with E-state index in [1.54, 1.807) is 11.3 Å². The molecule has 0 aliphatic carbocycles. The lowest BCUT2D eigenvalue weighted by Gasteiger charge is -2.17. The van der Waals surface area contributed by atoms with Crippen LogP contribution in [0.3, 0.4) is 0 Å². The Kier molecular flexibility index (Phi) is 5.49. The fourth-order valence-corrected chi connectivity index (χ4v) is 2.31. The molecule has 16 heavy (non-hydrogen) atoms. The average Bonchev–Trinajstić information content (AvgIpc) is 2.71. The SMILES string of the molecule is CCC(CN)C(=O)NC(C)Cc1ccsc1. The molecule has 4 heteroatoms. The van der Waals surface area contributed by atoms with E-state index in [1.807, 2.05) is 13.8 Å². The van der Waals surface area contributed by atoms with Crippen LogP contribution in [0.25, 0.3) is 0 Å². The minimum Gasteiger partial charge on any atom is -0.353 e. The summed E-state index contributed by atoms with van der Waals surface area (Å²) >= 11 is 1.68. The fraction of sp³-hybridized carbons (Fsp3) is 0.583. The maximum Gasteiger partial charge on any atom is 0.224 e. The summed E-state index contributed by atoms with van der Waals surface area (Å²) in [6, 6.07) is 2.26. The molecule has 0 fully saturated rings. The van der Waals surface area contributed by atoms with Gasteiger partial charge in [-0.15, -0.1) is 0 Å². The van der Waals surface area contributed by atoms with Crippen LogP contribution in [0.15, 0.2) is 16.8 Å². The molecule has 3 N–H and O–H groups in total. The Labute approximate surface area is 101 Å². The van der Waals surface area contributed by atoms with E-state index < -0.39 is 0 Å². The van der Waals surface area contributed by atoms with Gasteiger partial charge in [-0.25, -0.2) is 0 Å². The summed E-state index contributed by atoms with van der Waals surface area (Å²) in [6.07, 6.45) is 1.68. The molecule has 1 amide bonds. The van der Waals surface area contributed by atoms with Gasteiger partial charge < -0.3 is 11.1 Å². The van der Waals surface area contributed by atoms with Gasteiger partial charge in [0.25, 0.3) is 0 Å². The fourth-order valence-electron chi connectivity index (χ4n) is 1.63. The van der Waals surface area contributed by atoms with Crippen molar-refractivity contribution in [1.82, 2.24) is 5.32 Å². The van der Waals surface area contributed by atoms with Crippen molar-refractivity contribution in [2.75, 3.05) is 6.54 Å². The van der Waals surface area contributed by atoms with Crippen LogP contribution >= 0.6 is 11.3 Å². The molecule has 1 aromatic heterocycles. The number of hydrogen-bond donors (Lipinski definition) is 2. The third-order valence-corrected chi connectivity index (χ3v) is 3.39. The lowest BCUT2D eigenvalue weighted by Crippen LogP contribution is -2.40. The molecule has 3 nitrogen and oxygen atoms in total. The van der Waals surface area contributed by atoms with Crippen molar-refractivity contribution in [2.45, 2.75) is 32.7 Å². The largest absolute Gasteiger partial charge is 0.353 e. The second-order valence-electron chi connectivity index (χ2n) is 4.09. The predicted octanol–water partition coefficient (Wildman–Crippen LogP) is 1.78. The zero-order chi connectivity index (χ0) is 12.0. The van der Waals surface area contributed by atoms with E-state index >= 15 is 0 Å². The number of nitrogens with one attached hydrogen (secondary N) is 1. The summed E-state index contributed by atoms with van der Waals surface area (Å²) in [6.45, 7) is 4.44. The zero-order valence-electron chi connectivity index (χ0n) is 9.90. The van der Waals surface area contributed by atoms with Crippen LogP contribution in [0, 0.1) is 5.92 Å². The zero-order valence-corrected chi connectivity index (χ0v) is 10.7. The van der Waals surface area contributed by atoms with Crippen molar-refractivity contribution in [3.63, 3.8) is 0 Å². The first kappa shape index (κ1) is 13.2. The summed E-state index contributed by atoms with van der Waals surface area (Å²) in [7, 11) is 0. The topological polar surface area (TPSA) is 55.1 Å². The maximum absolute atomic E-state index is 11.8. The van der Waals surface area contributed by atoms with Gasteiger partial charge in [-0.1, -0.05) is 6.92 Å². The molecule has 90 valence electrons. The van der Waals surface area contributed by atoms with Crippen LogP contribution in [0.5, 0.6) is 0 Å². The molecule has 1 heterocycles. The Morgan fingerprint density at radius 3 is 2.88 bits per heavy atom. The van der Waals surface area contributed by atoms with Gasteiger partial charge in [0, 0.05) is 18.5 Å². The first-order valence-corrected chi connectivity index (χ1v) is 6.63. The highest BCUT2D eigenvalue weighted by atomic mass is 32.1.